The number of nitrogens with zero attached hydrogens (tertiary/aromatic N) is 1. The van der Waals surface area contributed by atoms with E-state index in [1.165, 1.54) is 0 Å². The van der Waals surface area contributed by atoms with E-state index in [2.05, 4.69) is 51.8 Å². The van der Waals surface area contributed by atoms with Crippen LogP contribution in [-0.4, -0.2) is 29.6 Å². The largest absolute Gasteiger partial charge is 0.325 e. The minimum Gasteiger partial charge on any atom is -0.325 e. The van der Waals surface area contributed by atoms with Gasteiger partial charge in [-0.25, -0.2) is 0 Å². The molecule has 1 aliphatic rings. The van der Waals surface area contributed by atoms with Gasteiger partial charge in [0.1, 0.15) is 0 Å². The molecule has 0 aromatic rings. The third-order valence-electron chi connectivity index (χ3n) is 4.16. The molecule has 1 aliphatic heterocycles. The molecule has 0 aliphatic carbocycles. The van der Waals surface area contributed by atoms with Crippen molar-refractivity contribution in [1.29, 1.82) is 0 Å². The van der Waals surface area contributed by atoms with E-state index >= 15 is 0 Å². The molecular weight excluding hydrogens is 224 g/mol. The van der Waals surface area contributed by atoms with Crippen molar-refractivity contribution in [2.24, 2.45) is 23.7 Å². The fraction of sp³-hybridized carbons (Fsp3) is 0.933. The molecule has 1 saturated heterocycles. The number of hydrogen-bond acceptors (Lipinski definition) is 2. The molecule has 1 rings (SSSR count). The van der Waals surface area contributed by atoms with E-state index in [9.17, 15) is 4.79 Å². The Bertz CT molecular complexity index is 278. The summed E-state index contributed by atoms with van der Waals surface area (Å²) in [6.45, 7) is 16.2. The van der Waals surface area contributed by atoms with Crippen molar-refractivity contribution < 1.29 is 4.79 Å². The van der Waals surface area contributed by atoms with Gasteiger partial charge in [0.05, 0.1) is 12.2 Å². The van der Waals surface area contributed by atoms with Crippen LogP contribution >= 0.6 is 0 Å². The molecule has 0 spiro atoms. The molecular formula is C15H30N2O. The summed E-state index contributed by atoms with van der Waals surface area (Å²) < 4.78 is 0. The first-order chi connectivity index (χ1) is 8.25. The Morgan fingerprint density at radius 1 is 1.11 bits per heavy atom. The quantitative estimate of drug-likeness (QED) is 0.818. The smallest absolute Gasteiger partial charge is 0.240 e. The van der Waals surface area contributed by atoms with Gasteiger partial charge >= 0.3 is 0 Å². The van der Waals surface area contributed by atoms with Gasteiger partial charge in [0, 0.05) is 6.54 Å². The Hall–Kier alpha value is -0.570. The van der Waals surface area contributed by atoms with Crippen molar-refractivity contribution in [3.05, 3.63) is 0 Å². The average molecular weight is 254 g/mol. The Labute approximate surface area is 112 Å². The number of carbonyl (C=O) groups is 1. The summed E-state index contributed by atoms with van der Waals surface area (Å²) in [5.41, 5.74) is 0. The highest BCUT2D eigenvalue weighted by molar-refractivity contribution is 5.83. The van der Waals surface area contributed by atoms with Crippen LogP contribution in [0.15, 0.2) is 0 Å². The number of rotatable bonds is 5. The SMILES string of the molecule is CC1NC(C(C)C)N(CC(C(C)C)C(C)C)C1=O. The number of carbonyl (C=O) groups excluding carboxylic acids is 1. The van der Waals surface area contributed by atoms with Crippen molar-refractivity contribution >= 4 is 5.91 Å². The van der Waals surface area contributed by atoms with Crippen LogP contribution in [0.3, 0.4) is 0 Å². The van der Waals surface area contributed by atoms with Gasteiger partial charge in [-0.05, 0) is 30.6 Å². The minimum absolute atomic E-state index is 0.0302. The summed E-state index contributed by atoms with van der Waals surface area (Å²) in [5, 5.41) is 3.41. The third-order valence-corrected chi connectivity index (χ3v) is 4.16. The Balaban J connectivity index is 2.81. The van der Waals surface area contributed by atoms with E-state index in [4.69, 9.17) is 0 Å². The van der Waals surface area contributed by atoms with E-state index in [0.717, 1.165) is 6.54 Å². The fourth-order valence-corrected chi connectivity index (χ4v) is 2.98. The monoisotopic (exact) mass is 254 g/mol. The van der Waals surface area contributed by atoms with Gasteiger partial charge in [0.2, 0.25) is 5.91 Å². The van der Waals surface area contributed by atoms with Gasteiger partial charge < -0.3 is 4.90 Å². The average Bonchev–Trinajstić information content (AvgIpc) is 2.52. The van der Waals surface area contributed by atoms with Gasteiger partial charge in [0.25, 0.3) is 0 Å². The van der Waals surface area contributed by atoms with Crippen molar-refractivity contribution in [1.82, 2.24) is 10.2 Å². The lowest BCUT2D eigenvalue weighted by molar-refractivity contribution is -0.131. The molecule has 0 radical (unpaired) electrons. The number of amides is 1. The predicted molar refractivity (Wildman–Crippen MR) is 76.1 cm³/mol. The van der Waals surface area contributed by atoms with Crippen LogP contribution in [0.1, 0.15) is 48.5 Å². The van der Waals surface area contributed by atoms with Crippen LogP contribution < -0.4 is 5.32 Å². The number of nitrogens with one attached hydrogen (secondary N) is 1. The maximum atomic E-state index is 12.3. The molecule has 18 heavy (non-hydrogen) atoms. The van der Waals surface area contributed by atoms with E-state index in [1.807, 2.05) is 6.92 Å². The van der Waals surface area contributed by atoms with Gasteiger partial charge in [0.15, 0.2) is 0 Å². The van der Waals surface area contributed by atoms with E-state index in [1.54, 1.807) is 0 Å². The van der Waals surface area contributed by atoms with Gasteiger partial charge in [-0.3, -0.25) is 10.1 Å². The molecule has 1 heterocycles. The first kappa shape index (κ1) is 15.5. The van der Waals surface area contributed by atoms with Crippen LogP contribution in [0.25, 0.3) is 0 Å². The summed E-state index contributed by atoms with van der Waals surface area (Å²) in [5.74, 6) is 2.52. The second kappa shape index (κ2) is 6.05. The van der Waals surface area contributed by atoms with Crippen LogP contribution in [-0.2, 0) is 4.79 Å². The summed E-state index contributed by atoms with van der Waals surface area (Å²) in [7, 11) is 0. The minimum atomic E-state index is -0.0302. The molecule has 3 heteroatoms. The summed E-state index contributed by atoms with van der Waals surface area (Å²) in [4.78, 5) is 14.3. The van der Waals surface area contributed by atoms with Crippen molar-refractivity contribution in [3.63, 3.8) is 0 Å². The molecule has 3 nitrogen and oxygen atoms in total. The van der Waals surface area contributed by atoms with Crippen LogP contribution in [0, 0.1) is 23.7 Å². The molecule has 2 atom stereocenters. The highest BCUT2D eigenvalue weighted by atomic mass is 16.2. The maximum Gasteiger partial charge on any atom is 0.240 e. The fourth-order valence-electron chi connectivity index (χ4n) is 2.98. The normalized spacial score (nSPS) is 25.3. The highest BCUT2D eigenvalue weighted by Gasteiger charge is 2.39. The topological polar surface area (TPSA) is 32.3 Å². The maximum absolute atomic E-state index is 12.3. The van der Waals surface area contributed by atoms with Gasteiger partial charge in [-0.2, -0.15) is 0 Å². The first-order valence-electron chi connectivity index (χ1n) is 7.32. The van der Waals surface area contributed by atoms with E-state index in [0.29, 0.717) is 23.7 Å². The Morgan fingerprint density at radius 2 is 1.61 bits per heavy atom. The van der Waals surface area contributed by atoms with Crippen molar-refractivity contribution in [3.8, 4) is 0 Å². The van der Waals surface area contributed by atoms with E-state index < -0.39 is 0 Å². The first-order valence-corrected chi connectivity index (χ1v) is 7.32. The summed E-state index contributed by atoms with van der Waals surface area (Å²) >= 11 is 0. The molecule has 106 valence electrons. The summed E-state index contributed by atoms with van der Waals surface area (Å²) in [6.07, 6.45) is 0.201. The highest BCUT2D eigenvalue weighted by Crippen LogP contribution is 2.26. The Morgan fingerprint density at radius 3 is 2.00 bits per heavy atom. The second-order valence-corrected chi connectivity index (χ2v) is 6.72. The van der Waals surface area contributed by atoms with E-state index in [-0.39, 0.29) is 18.1 Å². The standard InChI is InChI=1S/C15H30N2O/c1-9(2)13(10(3)4)8-17-14(11(5)6)16-12(7)15(17)18/h9-14,16H,8H2,1-7H3. The lowest BCUT2D eigenvalue weighted by Gasteiger charge is -2.34. The zero-order chi connectivity index (χ0) is 14.0. The van der Waals surface area contributed by atoms with Crippen LogP contribution in [0.5, 0.6) is 0 Å². The van der Waals surface area contributed by atoms with Crippen LogP contribution in [0.2, 0.25) is 0 Å². The number of hydrogen-bond donors (Lipinski definition) is 1. The van der Waals surface area contributed by atoms with Gasteiger partial charge in [-0.15, -0.1) is 0 Å². The zero-order valence-electron chi connectivity index (χ0n) is 13.0. The Kier molecular flexibility index (Phi) is 5.20. The lowest BCUT2D eigenvalue weighted by atomic mass is 9.85. The third kappa shape index (κ3) is 3.25. The van der Waals surface area contributed by atoms with Crippen molar-refractivity contribution in [2.75, 3.05) is 6.54 Å². The molecule has 0 saturated carbocycles. The molecule has 1 fully saturated rings. The molecule has 2 unspecified atom stereocenters. The lowest BCUT2D eigenvalue weighted by Crippen LogP contribution is -2.45. The van der Waals surface area contributed by atoms with Gasteiger partial charge in [-0.1, -0.05) is 41.5 Å². The molecule has 0 aromatic carbocycles. The van der Waals surface area contributed by atoms with Crippen molar-refractivity contribution in [2.45, 2.75) is 60.7 Å². The second-order valence-electron chi connectivity index (χ2n) is 6.72. The van der Waals surface area contributed by atoms with Crippen LogP contribution in [0.4, 0.5) is 0 Å². The predicted octanol–water partition coefficient (Wildman–Crippen LogP) is 2.72. The molecule has 0 aromatic heterocycles. The molecule has 0 bridgehead atoms. The molecule has 1 amide bonds. The zero-order valence-corrected chi connectivity index (χ0v) is 13.0. The summed E-state index contributed by atoms with van der Waals surface area (Å²) in [6, 6.07) is -0.0302. The molecule has 1 N–H and O–H groups in total.